The zero-order chi connectivity index (χ0) is 12.4. The third kappa shape index (κ3) is 2.55. The van der Waals surface area contributed by atoms with Gasteiger partial charge >= 0.3 is 0 Å². The number of primary amides is 1. The molecule has 1 aromatic rings. The first kappa shape index (κ1) is 11.9. The molecule has 0 unspecified atom stereocenters. The molecule has 2 rings (SSSR count). The third-order valence-electron chi connectivity index (χ3n) is 3.12. The molecule has 0 aromatic carbocycles. The van der Waals surface area contributed by atoms with Crippen LogP contribution in [0.4, 0.5) is 5.82 Å². The molecular formula is C12H18N4O. The van der Waals surface area contributed by atoms with Gasteiger partial charge in [0.1, 0.15) is 5.82 Å². The molecule has 1 aliphatic rings. The lowest BCUT2D eigenvalue weighted by molar-refractivity contribution is 0.100. The molecule has 1 aliphatic heterocycles. The highest BCUT2D eigenvalue weighted by Crippen LogP contribution is 2.21. The van der Waals surface area contributed by atoms with Crippen LogP contribution in [0.3, 0.4) is 0 Å². The van der Waals surface area contributed by atoms with E-state index in [1.165, 1.54) is 0 Å². The molecule has 5 heteroatoms. The first-order chi connectivity index (χ1) is 8.08. The zero-order valence-corrected chi connectivity index (χ0v) is 10.0. The van der Waals surface area contributed by atoms with Gasteiger partial charge in [0.15, 0.2) is 0 Å². The van der Waals surface area contributed by atoms with Gasteiger partial charge in [-0.25, -0.2) is 4.98 Å². The summed E-state index contributed by atoms with van der Waals surface area (Å²) in [7, 11) is 0. The summed E-state index contributed by atoms with van der Waals surface area (Å²) in [5, 5.41) is 0. The van der Waals surface area contributed by atoms with Crippen molar-refractivity contribution in [2.24, 2.45) is 11.5 Å². The van der Waals surface area contributed by atoms with Crippen LogP contribution < -0.4 is 16.4 Å². The number of carbonyl (C=O) groups is 1. The highest BCUT2D eigenvalue weighted by molar-refractivity contribution is 5.97. The second-order valence-electron chi connectivity index (χ2n) is 4.51. The number of amides is 1. The number of aromatic nitrogens is 1. The number of anilines is 1. The number of nitrogens with zero attached hydrogens (tertiary/aromatic N) is 2. The Kier molecular flexibility index (Phi) is 3.28. The predicted molar refractivity (Wildman–Crippen MR) is 66.9 cm³/mol. The average Bonchev–Trinajstić information content (AvgIpc) is 2.29. The smallest absolute Gasteiger partial charge is 0.252 e. The molecule has 0 radical (unpaired) electrons. The van der Waals surface area contributed by atoms with Crippen molar-refractivity contribution in [2.45, 2.75) is 25.8 Å². The highest BCUT2D eigenvalue weighted by Gasteiger charge is 2.21. The molecule has 2 heterocycles. The van der Waals surface area contributed by atoms with E-state index in [0.717, 1.165) is 31.6 Å². The average molecular weight is 234 g/mol. The van der Waals surface area contributed by atoms with E-state index in [1.54, 1.807) is 12.1 Å². The number of nitrogens with two attached hydrogens (primary N) is 2. The Morgan fingerprint density at radius 1 is 1.41 bits per heavy atom. The van der Waals surface area contributed by atoms with Crippen LogP contribution in [0.5, 0.6) is 0 Å². The summed E-state index contributed by atoms with van der Waals surface area (Å²) >= 11 is 0. The van der Waals surface area contributed by atoms with Crippen LogP contribution in [-0.2, 0) is 0 Å². The molecule has 0 saturated carbocycles. The van der Waals surface area contributed by atoms with Crippen LogP contribution in [0.25, 0.3) is 0 Å². The molecule has 1 amide bonds. The van der Waals surface area contributed by atoms with Gasteiger partial charge in [-0.3, -0.25) is 4.79 Å². The minimum Gasteiger partial charge on any atom is -0.365 e. The Morgan fingerprint density at radius 2 is 2.06 bits per heavy atom. The Bertz CT molecular complexity index is 425. The van der Waals surface area contributed by atoms with Crippen LogP contribution in [0.15, 0.2) is 12.1 Å². The van der Waals surface area contributed by atoms with Crippen molar-refractivity contribution in [3.63, 3.8) is 0 Å². The van der Waals surface area contributed by atoms with Gasteiger partial charge in [0, 0.05) is 24.8 Å². The molecule has 0 bridgehead atoms. The number of rotatable bonds is 2. The lowest BCUT2D eigenvalue weighted by Gasteiger charge is -2.32. The van der Waals surface area contributed by atoms with Crippen molar-refractivity contribution < 1.29 is 4.79 Å². The summed E-state index contributed by atoms with van der Waals surface area (Å²) in [6, 6.07) is 3.81. The van der Waals surface area contributed by atoms with E-state index in [0.29, 0.717) is 11.4 Å². The summed E-state index contributed by atoms with van der Waals surface area (Å²) in [5.74, 6) is 0.270. The van der Waals surface area contributed by atoms with Crippen LogP contribution in [0.2, 0.25) is 0 Å². The first-order valence-corrected chi connectivity index (χ1v) is 5.86. The summed E-state index contributed by atoms with van der Waals surface area (Å²) in [6.45, 7) is 3.57. The number of aryl methyl sites for hydroxylation is 1. The lowest BCUT2D eigenvalue weighted by Crippen LogP contribution is -2.41. The Hall–Kier alpha value is -1.62. The van der Waals surface area contributed by atoms with E-state index >= 15 is 0 Å². The maximum atomic E-state index is 11.4. The van der Waals surface area contributed by atoms with E-state index < -0.39 is 5.91 Å². The van der Waals surface area contributed by atoms with Crippen molar-refractivity contribution in [3.05, 3.63) is 23.4 Å². The van der Waals surface area contributed by atoms with Gasteiger partial charge in [0.2, 0.25) is 0 Å². The predicted octanol–water partition coefficient (Wildman–Crippen LogP) is 0.416. The van der Waals surface area contributed by atoms with Gasteiger partial charge < -0.3 is 16.4 Å². The number of carbonyl (C=O) groups excluding carboxylic acids is 1. The minimum absolute atomic E-state index is 0.257. The third-order valence-corrected chi connectivity index (χ3v) is 3.12. The highest BCUT2D eigenvalue weighted by atomic mass is 16.1. The fourth-order valence-corrected chi connectivity index (χ4v) is 2.09. The van der Waals surface area contributed by atoms with E-state index in [4.69, 9.17) is 11.5 Å². The second kappa shape index (κ2) is 4.71. The van der Waals surface area contributed by atoms with Gasteiger partial charge in [-0.15, -0.1) is 0 Å². The van der Waals surface area contributed by atoms with Crippen molar-refractivity contribution in [2.75, 3.05) is 18.0 Å². The van der Waals surface area contributed by atoms with E-state index in [-0.39, 0.29) is 6.04 Å². The number of hydrogen-bond donors (Lipinski definition) is 2. The molecule has 1 saturated heterocycles. The molecule has 0 spiro atoms. The zero-order valence-electron chi connectivity index (χ0n) is 10.0. The van der Waals surface area contributed by atoms with Crippen molar-refractivity contribution in [3.8, 4) is 0 Å². The Morgan fingerprint density at radius 3 is 2.65 bits per heavy atom. The Balaban J connectivity index is 2.30. The van der Waals surface area contributed by atoms with Gasteiger partial charge in [-0.1, -0.05) is 0 Å². The topological polar surface area (TPSA) is 85.2 Å². The molecule has 1 aromatic heterocycles. The van der Waals surface area contributed by atoms with E-state index in [9.17, 15) is 4.79 Å². The lowest BCUT2D eigenvalue weighted by atomic mass is 10.1. The number of piperidine rings is 1. The number of hydrogen-bond acceptors (Lipinski definition) is 4. The van der Waals surface area contributed by atoms with Crippen LogP contribution in [-0.4, -0.2) is 30.0 Å². The fourth-order valence-electron chi connectivity index (χ4n) is 2.09. The molecule has 0 atom stereocenters. The van der Waals surface area contributed by atoms with Crippen molar-refractivity contribution in [1.29, 1.82) is 0 Å². The van der Waals surface area contributed by atoms with Gasteiger partial charge in [-0.05, 0) is 31.9 Å². The SMILES string of the molecule is Cc1ccc(C(N)=O)c(N2CCC(N)CC2)n1. The largest absolute Gasteiger partial charge is 0.365 e. The molecule has 1 fully saturated rings. The van der Waals surface area contributed by atoms with Crippen molar-refractivity contribution >= 4 is 11.7 Å². The van der Waals surface area contributed by atoms with Gasteiger partial charge in [-0.2, -0.15) is 0 Å². The molecule has 92 valence electrons. The quantitative estimate of drug-likeness (QED) is 0.776. The molecular weight excluding hydrogens is 216 g/mol. The number of pyridine rings is 1. The first-order valence-electron chi connectivity index (χ1n) is 5.86. The molecule has 17 heavy (non-hydrogen) atoms. The van der Waals surface area contributed by atoms with E-state index in [2.05, 4.69) is 9.88 Å². The standard InChI is InChI=1S/C12H18N4O/c1-8-2-3-10(11(14)17)12(15-8)16-6-4-9(13)5-7-16/h2-3,9H,4-7,13H2,1H3,(H2,14,17). The minimum atomic E-state index is -0.428. The van der Waals surface area contributed by atoms with Crippen molar-refractivity contribution in [1.82, 2.24) is 4.98 Å². The van der Waals surface area contributed by atoms with E-state index in [1.807, 2.05) is 6.92 Å². The van der Waals surface area contributed by atoms with Crippen LogP contribution in [0.1, 0.15) is 28.9 Å². The molecule has 5 nitrogen and oxygen atoms in total. The fraction of sp³-hybridized carbons (Fsp3) is 0.500. The Labute approximate surface area is 101 Å². The summed E-state index contributed by atoms with van der Waals surface area (Å²) in [6.07, 6.45) is 1.85. The monoisotopic (exact) mass is 234 g/mol. The maximum Gasteiger partial charge on any atom is 0.252 e. The summed E-state index contributed by atoms with van der Waals surface area (Å²) < 4.78 is 0. The van der Waals surface area contributed by atoms with Gasteiger partial charge in [0.25, 0.3) is 5.91 Å². The van der Waals surface area contributed by atoms with Gasteiger partial charge in [0.05, 0.1) is 5.56 Å². The molecule has 4 N–H and O–H groups in total. The second-order valence-corrected chi connectivity index (χ2v) is 4.51. The maximum absolute atomic E-state index is 11.4. The van der Waals surface area contributed by atoms with Crippen LogP contribution >= 0.6 is 0 Å². The molecule has 0 aliphatic carbocycles. The summed E-state index contributed by atoms with van der Waals surface area (Å²) in [5.41, 5.74) is 12.6. The summed E-state index contributed by atoms with van der Waals surface area (Å²) in [4.78, 5) is 17.9. The van der Waals surface area contributed by atoms with Crippen LogP contribution in [0, 0.1) is 6.92 Å². The normalized spacial score (nSPS) is 17.2.